The number of rotatable bonds is 5. The maximum absolute atomic E-state index is 11.4. The van der Waals surface area contributed by atoms with Gasteiger partial charge in [0.15, 0.2) is 5.78 Å². The quantitative estimate of drug-likeness (QED) is 0.344. The Hall–Kier alpha value is -1.70. The van der Waals surface area contributed by atoms with Crippen molar-refractivity contribution >= 4 is 17.2 Å². The summed E-state index contributed by atoms with van der Waals surface area (Å²) in [5.41, 5.74) is 4.18. The molecule has 1 fully saturated rings. The minimum Gasteiger partial charge on any atom is -0.470 e. The van der Waals surface area contributed by atoms with Crippen LogP contribution in [0.25, 0.3) is 0 Å². The maximum atomic E-state index is 11.4. The van der Waals surface area contributed by atoms with Gasteiger partial charge >= 0.3 is 51.4 Å². The van der Waals surface area contributed by atoms with Crippen molar-refractivity contribution < 1.29 is 60.7 Å². The van der Waals surface area contributed by atoms with E-state index in [1.165, 1.54) is 5.69 Å². The van der Waals surface area contributed by atoms with Gasteiger partial charge in [-0.1, -0.05) is 33.0 Å². The molecule has 0 unspecified atom stereocenters. The van der Waals surface area contributed by atoms with Crippen molar-refractivity contribution in [2.75, 3.05) is 23.3 Å². The molecule has 0 atom stereocenters. The van der Waals surface area contributed by atoms with Crippen LogP contribution < -0.4 is 61.6 Å². The summed E-state index contributed by atoms with van der Waals surface area (Å²) in [4.78, 5) is 13.7. The second kappa shape index (κ2) is 13.4. The van der Waals surface area contributed by atoms with E-state index >= 15 is 0 Å². The summed E-state index contributed by atoms with van der Waals surface area (Å²) in [5, 5.41) is 6.90. The zero-order valence-electron chi connectivity index (χ0n) is 21.0. The molecule has 5 nitrogen and oxygen atoms in total. The van der Waals surface area contributed by atoms with Crippen molar-refractivity contribution in [1.29, 1.82) is 0 Å². The van der Waals surface area contributed by atoms with E-state index in [4.69, 9.17) is 4.52 Å². The average Bonchev–Trinajstić information content (AvgIpc) is 3.36. The Kier molecular flexibility index (Phi) is 11.2. The van der Waals surface area contributed by atoms with E-state index in [-0.39, 0.29) is 62.6 Å². The van der Waals surface area contributed by atoms with Crippen LogP contribution in [0, 0.1) is 18.2 Å². The summed E-state index contributed by atoms with van der Waals surface area (Å²) in [6.07, 6.45) is 4.78. The number of carbonyl (C=O) groups is 1. The fraction of sp³-hybridized carbons (Fsp3) is 0.357. The second-order valence-electron chi connectivity index (χ2n) is 9.37. The van der Waals surface area contributed by atoms with Gasteiger partial charge in [0.05, 0.1) is 0 Å². The number of hydrogen-bond donors (Lipinski definition) is 1. The topological polar surface area (TPSA) is 58.4 Å². The third-order valence-electron chi connectivity index (χ3n) is 5.78. The Morgan fingerprint density at radius 1 is 1.12 bits per heavy atom. The first-order chi connectivity index (χ1) is 15.7. The first kappa shape index (κ1) is 28.5. The predicted octanol–water partition coefficient (Wildman–Crippen LogP) is 3.31. The normalized spacial score (nSPS) is 13.8. The number of nitrogens with one attached hydrogen (secondary N) is 1. The summed E-state index contributed by atoms with van der Waals surface area (Å²) in [5.74, 6) is 1.48. The Bertz CT molecular complexity index is 1020. The molecule has 0 saturated carbocycles. The van der Waals surface area contributed by atoms with Crippen molar-refractivity contribution in [2.45, 2.75) is 46.0 Å². The molecule has 0 spiro atoms. The van der Waals surface area contributed by atoms with Crippen LogP contribution in [0.15, 0.2) is 71.4 Å². The standard InChI is InChI=1S/C21H23N2O.C7H10NO.K/c1-16(22-20-6-4-3-5-7-20)18-12-14-23(15-13-18)21-10-8-19(9-11-21)17(2)24;1-7(2,3)6-4-5-8-9-6;/h4-11,18,22H,1,12-15H2,2H3;4H,1-3H3;/q2*-1;+1. The fourth-order valence-corrected chi connectivity index (χ4v) is 3.69. The molecule has 1 aliphatic rings. The van der Waals surface area contributed by atoms with Crippen molar-refractivity contribution in [3.8, 4) is 0 Å². The monoisotopic (exact) mass is 482 g/mol. The van der Waals surface area contributed by atoms with Gasteiger partial charge in [-0.05, 0) is 55.2 Å². The molecule has 34 heavy (non-hydrogen) atoms. The van der Waals surface area contributed by atoms with Gasteiger partial charge in [0.1, 0.15) is 0 Å². The van der Waals surface area contributed by atoms with Crippen LogP contribution in [-0.4, -0.2) is 24.0 Å². The number of ketones is 1. The number of carbonyl (C=O) groups excluding carboxylic acids is 1. The minimum absolute atomic E-state index is 0. The molecule has 0 amide bonds. The van der Waals surface area contributed by atoms with E-state index in [9.17, 15) is 4.79 Å². The third kappa shape index (κ3) is 8.50. The summed E-state index contributed by atoms with van der Waals surface area (Å²) in [6.45, 7) is 14.1. The molecular weight excluding hydrogens is 449 g/mol. The average molecular weight is 483 g/mol. The largest absolute Gasteiger partial charge is 1.00 e. The van der Waals surface area contributed by atoms with Crippen LogP contribution in [-0.2, 0) is 5.41 Å². The van der Waals surface area contributed by atoms with Gasteiger partial charge < -0.3 is 14.7 Å². The minimum atomic E-state index is 0. The Morgan fingerprint density at radius 3 is 2.21 bits per heavy atom. The molecule has 6 heteroatoms. The Balaban J connectivity index is 0.000000345. The molecule has 0 radical (unpaired) electrons. The second-order valence-corrected chi connectivity index (χ2v) is 9.37. The molecule has 0 aliphatic carbocycles. The first-order valence-electron chi connectivity index (χ1n) is 11.3. The summed E-state index contributed by atoms with van der Waals surface area (Å²) in [6, 6.07) is 20.5. The van der Waals surface area contributed by atoms with E-state index in [1.807, 2.05) is 48.5 Å². The van der Waals surface area contributed by atoms with Gasteiger partial charge in [-0.25, -0.2) is 5.16 Å². The van der Waals surface area contributed by atoms with Crippen LogP contribution in [0.4, 0.5) is 11.4 Å². The number of hydrogen-bond acceptors (Lipinski definition) is 5. The van der Waals surface area contributed by atoms with Crippen LogP contribution in [0.1, 0.15) is 56.7 Å². The zero-order valence-corrected chi connectivity index (χ0v) is 24.1. The van der Waals surface area contributed by atoms with E-state index in [1.54, 1.807) is 13.0 Å². The van der Waals surface area contributed by atoms with Crippen molar-refractivity contribution in [3.05, 3.63) is 90.5 Å². The molecule has 1 aromatic heterocycles. The summed E-state index contributed by atoms with van der Waals surface area (Å²) >= 11 is 0. The molecule has 4 rings (SSSR count). The number of aromatic nitrogens is 1. The SMILES string of the molecule is C=C(Nc1cc[c-]cc1)C1CCN(c2ccc(C(C)=O)cc2)CC1.CC(C)(C)c1c[c-]no1.[K+]. The smallest absolute Gasteiger partial charge is 0.470 e. The summed E-state index contributed by atoms with van der Waals surface area (Å²) in [7, 11) is 0. The van der Waals surface area contributed by atoms with E-state index < -0.39 is 0 Å². The van der Waals surface area contributed by atoms with Gasteiger partial charge in [0.25, 0.3) is 0 Å². The fourth-order valence-electron chi connectivity index (χ4n) is 3.69. The van der Waals surface area contributed by atoms with Gasteiger partial charge in [-0.3, -0.25) is 4.79 Å². The molecule has 0 bridgehead atoms. The third-order valence-corrected chi connectivity index (χ3v) is 5.78. The van der Waals surface area contributed by atoms with Gasteiger partial charge in [0, 0.05) is 36.0 Å². The molecule has 3 aromatic rings. The zero-order chi connectivity index (χ0) is 23.8. The first-order valence-corrected chi connectivity index (χ1v) is 11.3. The number of allylic oxidation sites excluding steroid dienone is 1. The maximum Gasteiger partial charge on any atom is 1.00 e. The van der Waals surface area contributed by atoms with Crippen molar-refractivity contribution in [1.82, 2.24) is 5.16 Å². The molecule has 2 aromatic carbocycles. The van der Waals surface area contributed by atoms with E-state index in [2.05, 4.69) is 55.0 Å². The number of piperidine rings is 1. The molecule has 1 saturated heterocycles. The van der Waals surface area contributed by atoms with E-state index in [0.717, 1.165) is 48.6 Å². The van der Waals surface area contributed by atoms with Crippen LogP contribution in [0.5, 0.6) is 0 Å². The number of benzene rings is 2. The molecular formula is C28H33KN3O2-. The van der Waals surface area contributed by atoms with E-state index in [0.29, 0.717) is 5.92 Å². The number of anilines is 2. The Labute approximate surface area is 246 Å². The van der Waals surface area contributed by atoms with Crippen molar-refractivity contribution in [3.63, 3.8) is 0 Å². The van der Waals surface area contributed by atoms with Crippen molar-refractivity contribution in [2.24, 2.45) is 5.92 Å². The van der Waals surface area contributed by atoms with Gasteiger partial charge in [-0.15, -0.1) is 18.3 Å². The van der Waals surface area contributed by atoms with Gasteiger partial charge in [-0.2, -0.15) is 24.3 Å². The molecule has 1 N–H and O–H groups in total. The van der Waals surface area contributed by atoms with Crippen LogP contribution in [0.3, 0.4) is 0 Å². The number of nitrogens with zero attached hydrogens (tertiary/aromatic N) is 2. The Morgan fingerprint density at radius 2 is 1.74 bits per heavy atom. The molecule has 174 valence electrons. The molecule has 2 heterocycles. The number of Topliss-reactive ketones (excluding diaryl/α,β-unsaturated/α-hetero) is 1. The van der Waals surface area contributed by atoms with Crippen LogP contribution >= 0.6 is 0 Å². The molecule has 1 aliphatic heterocycles. The summed E-state index contributed by atoms with van der Waals surface area (Å²) < 4.78 is 4.89. The van der Waals surface area contributed by atoms with Gasteiger partial charge in [0.2, 0.25) is 0 Å². The predicted molar refractivity (Wildman–Crippen MR) is 133 cm³/mol. The van der Waals surface area contributed by atoms with Crippen LogP contribution in [0.2, 0.25) is 0 Å².